The number of ether oxygens (including phenoxy) is 1. The zero-order valence-electron chi connectivity index (χ0n) is 18.1. The topological polar surface area (TPSA) is 75.7 Å². The number of hydrogen-bond donors (Lipinski definition) is 1. The van der Waals surface area contributed by atoms with E-state index in [0.717, 1.165) is 21.2 Å². The van der Waals surface area contributed by atoms with E-state index in [1.165, 1.54) is 6.08 Å². The Kier molecular flexibility index (Phi) is 5.62. The summed E-state index contributed by atoms with van der Waals surface area (Å²) < 4.78 is 6.01. The molecule has 0 bridgehead atoms. The highest BCUT2D eigenvalue weighted by Gasteiger charge is 2.36. The van der Waals surface area contributed by atoms with Crippen LogP contribution in [0, 0.1) is 0 Å². The van der Waals surface area contributed by atoms with Crippen molar-refractivity contribution in [2.24, 2.45) is 0 Å². The number of para-hydroxylation sites is 1. The summed E-state index contributed by atoms with van der Waals surface area (Å²) in [5, 5.41) is 4.50. The van der Waals surface area contributed by atoms with Gasteiger partial charge in [-0.1, -0.05) is 72.8 Å². The Morgan fingerprint density at radius 2 is 1.53 bits per heavy atom. The number of rotatable bonds is 5. The third kappa shape index (κ3) is 4.17. The van der Waals surface area contributed by atoms with Crippen LogP contribution in [-0.4, -0.2) is 17.8 Å². The molecule has 6 heteroatoms. The molecule has 0 atom stereocenters. The van der Waals surface area contributed by atoms with Gasteiger partial charge in [-0.3, -0.25) is 14.9 Å². The van der Waals surface area contributed by atoms with Crippen molar-refractivity contribution in [2.45, 2.75) is 6.61 Å². The monoisotopic (exact) mass is 448 g/mol. The zero-order valence-corrected chi connectivity index (χ0v) is 18.1. The number of nitrogens with one attached hydrogen (secondary N) is 1. The van der Waals surface area contributed by atoms with Crippen molar-refractivity contribution in [2.75, 3.05) is 4.90 Å². The Bertz CT molecular complexity index is 1440. The standard InChI is InChI=1S/C28H20N2O4/c31-26-25(27(32)30(28(33)29-26)22-12-2-1-3-13-22)17-19-8-6-14-23(16-19)34-18-21-11-7-10-20-9-4-5-15-24(20)21/h1-17H,18H2,(H,29,31,33)/b25-17-. The van der Waals surface area contributed by atoms with Gasteiger partial charge in [0.2, 0.25) is 0 Å². The number of nitrogens with zero attached hydrogens (tertiary/aromatic N) is 1. The molecule has 1 N–H and O–H groups in total. The maximum atomic E-state index is 13.0. The van der Waals surface area contributed by atoms with E-state index >= 15 is 0 Å². The summed E-state index contributed by atoms with van der Waals surface area (Å²) in [5.74, 6) is -0.812. The molecule has 4 aromatic rings. The molecule has 0 radical (unpaired) electrons. The number of fused-ring (bicyclic) bond motifs is 1. The molecule has 1 fully saturated rings. The van der Waals surface area contributed by atoms with Crippen LogP contribution in [0.5, 0.6) is 5.75 Å². The fraction of sp³-hybridized carbons (Fsp3) is 0.0357. The lowest BCUT2D eigenvalue weighted by Gasteiger charge is -2.26. The first-order valence-corrected chi connectivity index (χ1v) is 10.8. The van der Waals surface area contributed by atoms with Crippen LogP contribution in [0.2, 0.25) is 0 Å². The first-order valence-electron chi connectivity index (χ1n) is 10.8. The minimum atomic E-state index is -0.773. The van der Waals surface area contributed by atoms with Crippen molar-refractivity contribution in [1.29, 1.82) is 0 Å². The van der Waals surface area contributed by atoms with Gasteiger partial charge in [0.15, 0.2) is 0 Å². The molecule has 5 rings (SSSR count). The van der Waals surface area contributed by atoms with Gasteiger partial charge in [0.25, 0.3) is 11.8 Å². The molecule has 34 heavy (non-hydrogen) atoms. The molecule has 4 aromatic carbocycles. The number of carbonyl (C=O) groups excluding carboxylic acids is 3. The summed E-state index contributed by atoms with van der Waals surface area (Å²) in [6.45, 7) is 0.372. The fourth-order valence-electron chi connectivity index (χ4n) is 3.91. The van der Waals surface area contributed by atoms with Crippen LogP contribution in [0.3, 0.4) is 0 Å². The lowest BCUT2D eigenvalue weighted by molar-refractivity contribution is -0.122. The van der Waals surface area contributed by atoms with E-state index in [9.17, 15) is 14.4 Å². The number of amides is 4. The Balaban J connectivity index is 1.39. The van der Waals surface area contributed by atoms with Gasteiger partial charge in [0.1, 0.15) is 17.9 Å². The Morgan fingerprint density at radius 3 is 2.38 bits per heavy atom. The first-order chi connectivity index (χ1) is 16.6. The van der Waals surface area contributed by atoms with E-state index < -0.39 is 17.8 Å². The molecule has 0 aliphatic carbocycles. The Hall–Kier alpha value is -4.71. The highest BCUT2D eigenvalue weighted by atomic mass is 16.5. The molecule has 166 valence electrons. The van der Waals surface area contributed by atoms with E-state index in [1.54, 1.807) is 48.5 Å². The molecule has 1 aliphatic heterocycles. The van der Waals surface area contributed by atoms with E-state index in [0.29, 0.717) is 23.6 Å². The summed E-state index contributed by atoms with van der Waals surface area (Å²) in [7, 11) is 0. The number of benzene rings is 4. The summed E-state index contributed by atoms with van der Waals surface area (Å²) >= 11 is 0. The van der Waals surface area contributed by atoms with Crippen LogP contribution in [-0.2, 0) is 16.2 Å². The van der Waals surface area contributed by atoms with Crippen molar-refractivity contribution in [3.63, 3.8) is 0 Å². The highest BCUT2D eigenvalue weighted by molar-refractivity contribution is 6.39. The molecular weight excluding hydrogens is 428 g/mol. The summed E-state index contributed by atoms with van der Waals surface area (Å²) in [6, 6.07) is 29.0. The van der Waals surface area contributed by atoms with Crippen molar-refractivity contribution < 1.29 is 19.1 Å². The van der Waals surface area contributed by atoms with Crippen molar-refractivity contribution in [3.05, 3.63) is 114 Å². The Morgan fingerprint density at radius 1 is 0.794 bits per heavy atom. The second kappa shape index (κ2) is 9.03. The first kappa shape index (κ1) is 21.2. The molecule has 0 aromatic heterocycles. The van der Waals surface area contributed by atoms with E-state index in [-0.39, 0.29) is 5.57 Å². The third-order valence-corrected chi connectivity index (χ3v) is 5.56. The second-order valence-corrected chi connectivity index (χ2v) is 7.79. The minimum Gasteiger partial charge on any atom is -0.489 e. The van der Waals surface area contributed by atoms with E-state index in [2.05, 4.69) is 23.5 Å². The van der Waals surface area contributed by atoms with Crippen LogP contribution >= 0.6 is 0 Å². The maximum absolute atomic E-state index is 13.0. The predicted octanol–water partition coefficient (Wildman–Crippen LogP) is 5.09. The largest absolute Gasteiger partial charge is 0.489 e. The van der Waals surface area contributed by atoms with Gasteiger partial charge in [0.05, 0.1) is 5.69 Å². The number of hydrogen-bond acceptors (Lipinski definition) is 4. The average Bonchev–Trinajstić information content (AvgIpc) is 2.86. The lowest BCUT2D eigenvalue weighted by Crippen LogP contribution is -2.54. The van der Waals surface area contributed by atoms with Gasteiger partial charge in [-0.15, -0.1) is 0 Å². The lowest BCUT2D eigenvalue weighted by atomic mass is 10.1. The number of carbonyl (C=O) groups is 3. The molecule has 0 unspecified atom stereocenters. The number of imide groups is 2. The quantitative estimate of drug-likeness (QED) is 0.341. The zero-order chi connectivity index (χ0) is 23.5. The van der Waals surface area contributed by atoms with E-state index in [4.69, 9.17) is 4.74 Å². The average molecular weight is 448 g/mol. The summed E-state index contributed by atoms with van der Waals surface area (Å²) in [4.78, 5) is 38.7. The van der Waals surface area contributed by atoms with Gasteiger partial charge in [0, 0.05) is 0 Å². The fourth-order valence-corrected chi connectivity index (χ4v) is 3.91. The van der Waals surface area contributed by atoms with Gasteiger partial charge < -0.3 is 4.74 Å². The molecule has 1 saturated heterocycles. The van der Waals surface area contributed by atoms with Crippen molar-refractivity contribution in [3.8, 4) is 5.75 Å². The Labute approximate surface area is 196 Å². The van der Waals surface area contributed by atoms with Crippen LogP contribution in [0.15, 0.2) is 103 Å². The van der Waals surface area contributed by atoms with Crippen LogP contribution in [0.1, 0.15) is 11.1 Å². The normalized spacial score (nSPS) is 15.0. The summed E-state index contributed by atoms with van der Waals surface area (Å²) in [5.41, 5.74) is 1.92. The van der Waals surface area contributed by atoms with Crippen LogP contribution in [0.25, 0.3) is 16.8 Å². The third-order valence-electron chi connectivity index (χ3n) is 5.56. The highest BCUT2D eigenvalue weighted by Crippen LogP contribution is 2.24. The van der Waals surface area contributed by atoms with Crippen molar-refractivity contribution >= 4 is 40.4 Å². The number of barbiturate groups is 1. The molecular formula is C28H20N2O4. The van der Waals surface area contributed by atoms with Crippen LogP contribution < -0.4 is 15.0 Å². The smallest absolute Gasteiger partial charge is 0.335 e. The van der Waals surface area contributed by atoms with Crippen LogP contribution in [0.4, 0.5) is 10.5 Å². The number of anilines is 1. The molecule has 1 heterocycles. The molecule has 6 nitrogen and oxygen atoms in total. The summed E-state index contributed by atoms with van der Waals surface area (Å²) in [6.07, 6.45) is 1.46. The van der Waals surface area contributed by atoms with Gasteiger partial charge in [-0.2, -0.15) is 0 Å². The second-order valence-electron chi connectivity index (χ2n) is 7.79. The molecule has 0 saturated carbocycles. The maximum Gasteiger partial charge on any atom is 0.335 e. The molecule has 4 amide bonds. The van der Waals surface area contributed by atoms with Gasteiger partial charge >= 0.3 is 6.03 Å². The SMILES string of the molecule is O=C1NC(=O)N(c2ccccc2)C(=O)/C1=C\c1cccc(OCc2cccc3ccccc23)c1. The predicted molar refractivity (Wildman–Crippen MR) is 130 cm³/mol. The molecule has 1 aliphatic rings. The van der Waals surface area contributed by atoms with E-state index in [1.807, 2.05) is 30.3 Å². The molecule has 0 spiro atoms. The number of urea groups is 1. The van der Waals surface area contributed by atoms with Gasteiger partial charge in [-0.05, 0) is 52.2 Å². The van der Waals surface area contributed by atoms with Gasteiger partial charge in [-0.25, -0.2) is 9.69 Å². The van der Waals surface area contributed by atoms with Crippen molar-refractivity contribution in [1.82, 2.24) is 5.32 Å². The minimum absolute atomic E-state index is 0.130.